The van der Waals surface area contributed by atoms with Crippen molar-refractivity contribution < 1.29 is 9.66 Å². The average Bonchev–Trinajstić information content (AvgIpc) is 2.41. The third kappa shape index (κ3) is 3.37. The zero-order chi connectivity index (χ0) is 14.7. The molecule has 104 valence electrons. The molecule has 0 amide bonds. The minimum atomic E-state index is -0.419. The molecular formula is C14H11Br2NO3. The zero-order valence-electron chi connectivity index (χ0n) is 10.6. The Kier molecular flexibility index (Phi) is 4.77. The van der Waals surface area contributed by atoms with Crippen LogP contribution in [0.4, 0.5) is 5.69 Å². The molecule has 20 heavy (non-hydrogen) atoms. The Morgan fingerprint density at radius 1 is 1.25 bits per heavy atom. The van der Waals surface area contributed by atoms with Crippen LogP contribution in [-0.4, -0.2) is 4.92 Å². The van der Waals surface area contributed by atoms with E-state index in [-0.39, 0.29) is 12.3 Å². The quantitative estimate of drug-likeness (QED) is 0.535. The van der Waals surface area contributed by atoms with E-state index in [1.54, 1.807) is 12.1 Å². The summed E-state index contributed by atoms with van der Waals surface area (Å²) in [6.45, 7) is 2.21. The van der Waals surface area contributed by atoms with E-state index in [1.807, 2.05) is 25.1 Å². The monoisotopic (exact) mass is 399 g/mol. The maximum atomic E-state index is 10.9. The predicted octanol–water partition coefficient (Wildman–Crippen LogP) is 5.01. The summed E-state index contributed by atoms with van der Waals surface area (Å²) in [7, 11) is 0. The van der Waals surface area contributed by atoms with Crippen molar-refractivity contribution in [2.45, 2.75) is 13.5 Å². The molecule has 2 aromatic carbocycles. The fourth-order valence-electron chi connectivity index (χ4n) is 1.70. The Balaban J connectivity index is 2.21. The molecule has 0 atom stereocenters. The molecule has 0 bridgehead atoms. The van der Waals surface area contributed by atoms with Crippen molar-refractivity contribution in [2.24, 2.45) is 0 Å². The summed E-state index contributed by atoms with van der Waals surface area (Å²) < 4.78 is 7.12. The molecule has 4 nitrogen and oxygen atoms in total. The summed E-state index contributed by atoms with van der Waals surface area (Å²) >= 11 is 6.65. The fraction of sp³-hybridized carbons (Fsp3) is 0.143. The lowest BCUT2D eigenvalue weighted by Crippen LogP contribution is -2.00. The molecular weight excluding hydrogens is 390 g/mol. The predicted molar refractivity (Wildman–Crippen MR) is 84.0 cm³/mol. The molecule has 0 saturated heterocycles. The van der Waals surface area contributed by atoms with Crippen molar-refractivity contribution in [3.8, 4) is 5.75 Å². The topological polar surface area (TPSA) is 52.4 Å². The van der Waals surface area contributed by atoms with E-state index in [9.17, 15) is 10.1 Å². The molecule has 0 unspecified atom stereocenters. The summed E-state index contributed by atoms with van der Waals surface area (Å²) in [5.74, 6) is 0.748. The van der Waals surface area contributed by atoms with Crippen LogP contribution >= 0.6 is 31.9 Å². The minimum absolute atomic E-state index is 0.0389. The molecule has 0 fully saturated rings. The lowest BCUT2D eigenvalue weighted by Gasteiger charge is -2.10. The van der Waals surface area contributed by atoms with Crippen LogP contribution in [0.5, 0.6) is 5.75 Å². The first kappa shape index (κ1) is 15.0. The van der Waals surface area contributed by atoms with Gasteiger partial charge in [-0.3, -0.25) is 10.1 Å². The maximum absolute atomic E-state index is 10.9. The van der Waals surface area contributed by atoms with Crippen LogP contribution < -0.4 is 4.74 Å². The number of aryl methyl sites for hydroxylation is 1. The van der Waals surface area contributed by atoms with Gasteiger partial charge < -0.3 is 4.74 Å². The zero-order valence-corrected chi connectivity index (χ0v) is 13.8. The largest absolute Gasteiger partial charge is 0.489 e. The normalized spacial score (nSPS) is 10.3. The van der Waals surface area contributed by atoms with Crippen LogP contribution in [0.2, 0.25) is 0 Å². The Morgan fingerprint density at radius 3 is 2.70 bits per heavy atom. The molecule has 2 aromatic rings. The number of halogens is 2. The van der Waals surface area contributed by atoms with Gasteiger partial charge in [0.1, 0.15) is 16.8 Å². The summed E-state index contributed by atoms with van der Waals surface area (Å²) in [6, 6.07) is 10.7. The number of nitrogens with zero attached hydrogens (tertiary/aromatic N) is 1. The number of rotatable bonds is 4. The van der Waals surface area contributed by atoms with Crippen LogP contribution in [0.15, 0.2) is 45.3 Å². The van der Waals surface area contributed by atoms with E-state index in [0.717, 1.165) is 21.3 Å². The van der Waals surface area contributed by atoms with Gasteiger partial charge in [0.15, 0.2) is 0 Å². The number of hydrogen-bond donors (Lipinski definition) is 0. The molecule has 0 N–H and O–H groups in total. The smallest absolute Gasteiger partial charge is 0.283 e. The highest BCUT2D eigenvalue weighted by Crippen LogP contribution is 2.30. The van der Waals surface area contributed by atoms with E-state index >= 15 is 0 Å². The minimum Gasteiger partial charge on any atom is -0.489 e. The third-order valence-corrected chi connectivity index (χ3v) is 4.20. The van der Waals surface area contributed by atoms with Crippen LogP contribution in [0.1, 0.15) is 11.1 Å². The van der Waals surface area contributed by atoms with Crippen molar-refractivity contribution in [1.29, 1.82) is 0 Å². The van der Waals surface area contributed by atoms with Crippen LogP contribution in [0, 0.1) is 17.0 Å². The average molecular weight is 401 g/mol. The van der Waals surface area contributed by atoms with Crippen molar-refractivity contribution in [2.75, 3.05) is 0 Å². The summed E-state index contributed by atoms with van der Waals surface area (Å²) in [5.41, 5.74) is 1.78. The van der Waals surface area contributed by atoms with E-state index in [0.29, 0.717) is 4.47 Å². The van der Waals surface area contributed by atoms with E-state index in [4.69, 9.17) is 4.74 Å². The van der Waals surface area contributed by atoms with Crippen LogP contribution in [-0.2, 0) is 6.61 Å². The molecule has 2 rings (SSSR count). The van der Waals surface area contributed by atoms with Crippen molar-refractivity contribution in [1.82, 2.24) is 0 Å². The first-order valence-electron chi connectivity index (χ1n) is 5.80. The van der Waals surface area contributed by atoms with Gasteiger partial charge in [-0.15, -0.1) is 0 Å². The number of nitro benzene ring substituents is 1. The lowest BCUT2D eigenvalue weighted by molar-refractivity contribution is -0.385. The van der Waals surface area contributed by atoms with Crippen LogP contribution in [0.3, 0.4) is 0 Å². The van der Waals surface area contributed by atoms with Gasteiger partial charge in [-0.2, -0.15) is 0 Å². The second kappa shape index (κ2) is 6.37. The molecule has 0 aliphatic carbocycles. The van der Waals surface area contributed by atoms with Gasteiger partial charge in [0.2, 0.25) is 0 Å². The fourth-order valence-corrected chi connectivity index (χ4v) is 2.57. The van der Waals surface area contributed by atoms with Crippen LogP contribution in [0.25, 0.3) is 0 Å². The van der Waals surface area contributed by atoms with Gasteiger partial charge in [-0.1, -0.05) is 34.1 Å². The standard InChI is InChI=1S/C14H11Br2NO3/c1-9-5-6-11(15)7-13(9)20-8-10-3-2-4-12(14(10)16)17(18)19/h2-7H,8H2,1H3. The second-order valence-electron chi connectivity index (χ2n) is 4.21. The molecule has 6 heteroatoms. The van der Waals surface area contributed by atoms with E-state index in [1.165, 1.54) is 6.07 Å². The Hall–Kier alpha value is -1.40. The molecule has 0 saturated carbocycles. The number of nitro groups is 1. The summed E-state index contributed by atoms with van der Waals surface area (Å²) in [5, 5.41) is 10.9. The van der Waals surface area contributed by atoms with Gasteiger partial charge in [-0.25, -0.2) is 0 Å². The number of ether oxygens (including phenoxy) is 1. The van der Waals surface area contributed by atoms with Gasteiger partial charge in [-0.05, 0) is 40.5 Å². The highest BCUT2D eigenvalue weighted by Gasteiger charge is 2.15. The third-order valence-electron chi connectivity index (χ3n) is 2.79. The summed E-state index contributed by atoms with van der Waals surface area (Å²) in [4.78, 5) is 10.5. The van der Waals surface area contributed by atoms with E-state index in [2.05, 4.69) is 31.9 Å². The molecule has 0 radical (unpaired) electrons. The Bertz CT molecular complexity index is 659. The van der Waals surface area contributed by atoms with Crippen molar-refractivity contribution in [3.05, 3.63) is 66.6 Å². The van der Waals surface area contributed by atoms with E-state index < -0.39 is 4.92 Å². The molecule has 0 aliphatic heterocycles. The first-order valence-corrected chi connectivity index (χ1v) is 7.38. The lowest BCUT2D eigenvalue weighted by atomic mass is 10.2. The van der Waals surface area contributed by atoms with Gasteiger partial charge >= 0.3 is 0 Å². The highest BCUT2D eigenvalue weighted by atomic mass is 79.9. The molecule has 0 aliphatic rings. The molecule has 0 aromatic heterocycles. The Morgan fingerprint density at radius 2 is 2.00 bits per heavy atom. The second-order valence-corrected chi connectivity index (χ2v) is 5.91. The van der Waals surface area contributed by atoms with Gasteiger partial charge in [0.25, 0.3) is 5.69 Å². The summed E-state index contributed by atoms with van der Waals surface area (Å²) in [6.07, 6.45) is 0. The van der Waals surface area contributed by atoms with Gasteiger partial charge in [0, 0.05) is 16.1 Å². The van der Waals surface area contributed by atoms with Crippen molar-refractivity contribution >= 4 is 37.5 Å². The van der Waals surface area contributed by atoms with Gasteiger partial charge in [0.05, 0.1) is 4.92 Å². The SMILES string of the molecule is Cc1ccc(Br)cc1OCc1cccc([N+](=O)[O-])c1Br. The van der Waals surface area contributed by atoms with Crippen molar-refractivity contribution in [3.63, 3.8) is 0 Å². The molecule has 0 spiro atoms. The first-order chi connectivity index (χ1) is 9.49. The molecule has 0 heterocycles. The number of hydrogen-bond acceptors (Lipinski definition) is 3. The Labute approximate surface area is 133 Å². The highest BCUT2D eigenvalue weighted by molar-refractivity contribution is 9.10. The number of benzene rings is 2. The maximum Gasteiger partial charge on any atom is 0.283 e.